The van der Waals surface area contributed by atoms with E-state index in [1.54, 1.807) is 22.2 Å². The number of ether oxygens (including phenoxy) is 1. The Kier molecular flexibility index (Phi) is 4.44. The average molecular weight is 320 g/mol. The summed E-state index contributed by atoms with van der Waals surface area (Å²) in [6.07, 6.45) is 3.65. The molecule has 1 saturated heterocycles. The van der Waals surface area contributed by atoms with Crippen LogP contribution in [0.5, 0.6) is 0 Å². The Labute approximate surface area is 133 Å². The lowest BCUT2D eigenvalue weighted by Gasteiger charge is -2.36. The van der Waals surface area contributed by atoms with Crippen molar-refractivity contribution >= 4 is 17.4 Å². The molecule has 2 amide bonds. The zero-order valence-corrected chi connectivity index (χ0v) is 13.5. The van der Waals surface area contributed by atoms with Crippen molar-refractivity contribution in [2.24, 2.45) is 7.05 Å². The molecule has 22 heavy (non-hydrogen) atoms. The maximum absolute atomic E-state index is 12.4. The molecule has 1 fully saturated rings. The molecule has 6 nitrogen and oxygen atoms in total. The number of hydrogen-bond donors (Lipinski definition) is 1. The Morgan fingerprint density at radius 3 is 3.09 bits per heavy atom. The number of nitrogens with one attached hydrogen (secondary N) is 1. The van der Waals surface area contributed by atoms with Gasteiger partial charge in [-0.2, -0.15) is 16.4 Å². The second-order valence-corrected chi connectivity index (χ2v) is 6.36. The van der Waals surface area contributed by atoms with Crippen molar-refractivity contribution in [3.05, 3.63) is 40.3 Å². The van der Waals surface area contributed by atoms with Crippen LogP contribution in [0.3, 0.4) is 0 Å². The van der Waals surface area contributed by atoms with Gasteiger partial charge in [0.25, 0.3) is 0 Å². The molecule has 2 aromatic rings. The number of nitrogens with zero attached hydrogens (tertiary/aromatic N) is 3. The molecule has 1 aliphatic heterocycles. The van der Waals surface area contributed by atoms with Crippen LogP contribution in [0.25, 0.3) is 0 Å². The average Bonchev–Trinajstić information content (AvgIpc) is 3.15. The van der Waals surface area contributed by atoms with Gasteiger partial charge in [-0.05, 0) is 29.3 Å². The Morgan fingerprint density at radius 1 is 1.55 bits per heavy atom. The second kappa shape index (κ2) is 6.50. The first-order valence-corrected chi connectivity index (χ1v) is 8.24. The Hall–Kier alpha value is -1.86. The van der Waals surface area contributed by atoms with E-state index in [4.69, 9.17) is 4.74 Å². The number of carbonyl (C=O) groups is 1. The Bertz CT molecular complexity index is 625. The number of aryl methyl sites for hydroxylation is 1. The van der Waals surface area contributed by atoms with Gasteiger partial charge in [0.2, 0.25) is 0 Å². The van der Waals surface area contributed by atoms with Gasteiger partial charge in [0, 0.05) is 31.9 Å². The molecule has 0 spiro atoms. The summed E-state index contributed by atoms with van der Waals surface area (Å²) >= 11 is 1.65. The minimum Gasteiger partial charge on any atom is -0.367 e. The lowest BCUT2D eigenvalue weighted by atomic mass is 10.1. The number of aromatic nitrogens is 2. The summed E-state index contributed by atoms with van der Waals surface area (Å²) in [4.78, 5) is 14.2. The minimum absolute atomic E-state index is 0.0304. The van der Waals surface area contributed by atoms with E-state index in [-0.39, 0.29) is 18.2 Å². The number of thiophene rings is 1. The summed E-state index contributed by atoms with van der Waals surface area (Å²) in [7, 11) is 1.86. The van der Waals surface area contributed by atoms with E-state index in [9.17, 15) is 4.79 Å². The van der Waals surface area contributed by atoms with Crippen LogP contribution in [0.15, 0.2) is 29.2 Å². The number of carbonyl (C=O) groups excluding carboxylic acids is 1. The van der Waals surface area contributed by atoms with Gasteiger partial charge in [-0.3, -0.25) is 4.68 Å². The number of urea groups is 1. The molecule has 1 aliphatic rings. The molecule has 3 heterocycles. The standard InChI is InChI=1S/C15H20N4O2S/c1-11-7-19(9-14(21-11)13-3-4-22-10-13)15(20)16-5-12-6-17-18(2)8-12/h3-4,6,8,10-11,14H,5,7,9H2,1-2H3,(H,16,20)/t11-,14+/m1/s1. The highest BCUT2D eigenvalue weighted by molar-refractivity contribution is 7.07. The molecular weight excluding hydrogens is 300 g/mol. The fourth-order valence-corrected chi connectivity index (χ4v) is 3.31. The first kappa shape index (κ1) is 15.1. The fraction of sp³-hybridized carbons (Fsp3) is 0.467. The normalized spacial score (nSPS) is 21.8. The maximum atomic E-state index is 12.4. The number of hydrogen-bond acceptors (Lipinski definition) is 4. The van der Waals surface area contributed by atoms with E-state index < -0.39 is 0 Å². The van der Waals surface area contributed by atoms with Crippen LogP contribution in [0, 0.1) is 0 Å². The molecule has 0 radical (unpaired) electrons. The van der Waals surface area contributed by atoms with Gasteiger partial charge in [0.05, 0.1) is 18.8 Å². The molecule has 0 saturated carbocycles. The van der Waals surface area contributed by atoms with Crippen LogP contribution >= 0.6 is 11.3 Å². The summed E-state index contributed by atoms with van der Waals surface area (Å²) < 4.78 is 7.68. The fourth-order valence-electron chi connectivity index (χ4n) is 2.61. The zero-order chi connectivity index (χ0) is 15.5. The molecule has 2 atom stereocenters. The molecule has 118 valence electrons. The first-order valence-electron chi connectivity index (χ1n) is 7.29. The topological polar surface area (TPSA) is 59.4 Å². The predicted molar refractivity (Wildman–Crippen MR) is 84.6 cm³/mol. The molecule has 0 unspecified atom stereocenters. The summed E-state index contributed by atoms with van der Waals surface area (Å²) in [5, 5.41) is 11.2. The van der Waals surface area contributed by atoms with Crippen molar-refractivity contribution in [3.63, 3.8) is 0 Å². The number of morpholine rings is 1. The van der Waals surface area contributed by atoms with E-state index >= 15 is 0 Å². The minimum atomic E-state index is -0.0563. The van der Waals surface area contributed by atoms with Crippen molar-refractivity contribution in [1.29, 1.82) is 0 Å². The highest BCUT2D eigenvalue weighted by atomic mass is 32.1. The molecule has 7 heteroatoms. The van der Waals surface area contributed by atoms with Crippen LogP contribution in [0.1, 0.15) is 24.2 Å². The van der Waals surface area contributed by atoms with Gasteiger partial charge in [0.15, 0.2) is 0 Å². The third kappa shape index (κ3) is 3.48. The van der Waals surface area contributed by atoms with E-state index in [0.29, 0.717) is 19.6 Å². The SMILES string of the molecule is C[C@@H]1CN(C(=O)NCc2cnn(C)c2)C[C@@H](c2ccsc2)O1. The van der Waals surface area contributed by atoms with E-state index in [0.717, 1.165) is 11.1 Å². The summed E-state index contributed by atoms with van der Waals surface area (Å²) in [5.41, 5.74) is 2.13. The van der Waals surface area contributed by atoms with Gasteiger partial charge in [-0.25, -0.2) is 4.79 Å². The second-order valence-electron chi connectivity index (χ2n) is 5.58. The van der Waals surface area contributed by atoms with Crippen molar-refractivity contribution in [3.8, 4) is 0 Å². The number of amides is 2. The third-order valence-electron chi connectivity index (χ3n) is 3.66. The molecular formula is C15H20N4O2S. The highest BCUT2D eigenvalue weighted by Gasteiger charge is 2.29. The van der Waals surface area contributed by atoms with Gasteiger partial charge in [-0.1, -0.05) is 0 Å². The van der Waals surface area contributed by atoms with Crippen LogP contribution < -0.4 is 5.32 Å². The molecule has 0 aliphatic carbocycles. The van der Waals surface area contributed by atoms with E-state index in [2.05, 4.69) is 21.9 Å². The van der Waals surface area contributed by atoms with Crippen LogP contribution in [-0.4, -0.2) is 39.9 Å². The smallest absolute Gasteiger partial charge is 0.317 e. The largest absolute Gasteiger partial charge is 0.367 e. The van der Waals surface area contributed by atoms with Gasteiger partial charge < -0.3 is 15.0 Å². The zero-order valence-electron chi connectivity index (χ0n) is 12.7. The van der Waals surface area contributed by atoms with Crippen molar-refractivity contribution in [1.82, 2.24) is 20.0 Å². The van der Waals surface area contributed by atoms with Crippen molar-refractivity contribution in [2.45, 2.75) is 25.7 Å². The maximum Gasteiger partial charge on any atom is 0.317 e. The lowest BCUT2D eigenvalue weighted by molar-refractivity contribution is -0.0655. The highest BCUT2D eigenvalue weighted by Crippen LogP contribution is 2.26. The van der Waals surface area contributed by atoms with E-state index in [1.807, 2.05) is 30.4 Å². The first-order chi connectivity index (χ1) is 10.6. The number of rotatable bonds is 3. The van der Waals surface area contributed by atoms with Gasteiger partial charge in [-0.15, -0.1) is 0 Å². The molecule has 3 rings (SSSR count). The summed E-state index contributed by atoms with van der Waals surface area (Å²) in [5.74, 6) is 0. The van der Waals surface area contributed by atoms with Crippen molar-refractivity contribution < 1.29 is 9.53 Å². The quantitative estimate of drug-likeness (QED) is 0.943. The molecule has 0 bridgehead atoms. The molecule has 2 aromatic heterocycles. The lowest BCUT2D eigenvalue weighted by Crippen LogP contribution is -2.49. The van der Waals surface area contributed by atoms with Crippen LogP contribution in [-0.2, 0) is 18.3 Å². The van der Waals surface area contributed by atoms with E-state index in [1.165, 1.54) is 0 Å². The van der Waals surface area contributed by atoms with Crippen LogP contribution in [0.4, 0.5) is 4.79 Å². The molecule has 1 N–H and O–H groups in total. The molecule has 0 aromatic carbocycles. The van der Waals surface area contributed by atoms with Crippen LogP contribution in [0.2, 0.25) is 0 Å². The monoisotopic (exact) mass is 320 g/mol. The Balaban J connectivity index is 1.59. The summed E-state index contributed by atoms with van der Waals surface area (Å²) in [6, 6.07) is 2.00. The predicted octanol–water partition coefficient (Wildman–Crippen LogP) is 2.15. The van der Waals surface area contributed by atoms with Crippen molar-refractivity contribution in [2.75, 3.05) is 13.1 Å². The Morgan fingerprint density at radius 2 is 2.41 bits per heavy atom. The summed E-state index contributed by atoms with van der Waals surface area (Å²) in [6.45, 7) is 3.68. The van der Waals surface area contributed by atoms with Gasteiger partial charge in [0.1, 0.15) is 6.10 Å². The van der Waals surface area contributed by atoms with Gasteiger partial charge >= 0.3 is 6.03 Å². The third-order valence-corrected chi connectivity index (χ3v) is 4.37.